The number of para-hydroxylation sites is 2. The molecule has 5 rings (SSSR count). The number of nitrogens with one attached hydrogen (secondary N) is 1. The third-order valence-electron chi connectivity index (χ3n) is 7.29. The summed E-state index contributed by atoms with van der Waals surface area (Å²) in [5, 5.41) is 13.6. The number of benzene rings is 1. The van der Waals surface area contributed by atoms with E-state index in [0.29, 0.717) is 44.7 Å². The first-order valence-electron chi connectivity index (χ1n) is 12.7. The fraction of sp³-hybridized carbons (Fsp3) is 0.481. The van der Waals surface area contributed by atoms with E-state index in [9.17, 15) is 14.7 Å². The quantitative estimate of drug-likeness (QED) is 0.477. The number of aromatic amines is 1. The van der Waals surface area contributed by atoms with Crippen LogP contribution in [0.4, 0.5) is 0 Å². The summed E-state index contributed by atoms with van der Waals surface area (Å²) in [5.74, 6) is 0.190. The average molecular weight is 512 g/mol. The maximum atomic E-state index is 13.6. The van der Waals surface area contributed by atoms with Gasteiger partial charge in [-0.25, -0.2) is 4.79 Å². The van der Waals surface area contributed by atoms with Gasteiger partial charge in [-0.1, -0.05) is 12.1 Å². The summed E-state index contributed by atoms with van der Waals surface area (Å²) in [4.78, 5) is 31.0. The molecule has 0 unspecified atom stereocenters. The first-order valence-corrected chi connectivity index (χ1v) is 13.7. The van der Waals surface area contributed by atoms with E-state index in [1.807, 2.05) is 52.1 Å². The van der Waals surface area contributed by atoms with Crippen LogP contribution in [0.1, 0.15) is 50.1 Å². The van der Waals surface area contributed by atoms with Crippen molar-refractivity contribution in [1.82, 2.24) is 14.5 Å². The molecule has 8 nitrogen and oxygen atoms in total. The van der Waals surface area contributed by atoms with Crippen LogP contribution in [0.3, 0.4) is 0 Å². The lowest BCUT2D eigenvalue weighted by Crippen LogP contribution is -2.44. The maximum Gasteiger partial charge on any atom is 0.326 e. The molecule has 192 valence electrons. The van der Waals surface area contributed by atoms with Gasteiger partial charge in [0.2, 0.25) is 6.29 Å². The summed E-state index contributed by atoms with van der Waals surface area (Å²) in [5.41, 5.74) is 2.77. The monoisotopic (exact) mass is 511 g/mol. The Bertz CT molecular complexity index is 1260. The number of rotatable bonds is 8. The van der Waals surface area contributed by atoms with Crippen molar-refractivity contribution in [3.8, 4) is 0 Å². The highest BCUT2D eigenvalue weighted by Gasteiger charge is 2.39. The molecule has 1 amide bonds. The number of aromatic nitrogens is 2. The number of carbonyl (C=O) groups is 1. The Labute approximate surface area is 214 Å². The lowest BCUT2D eigenvalue weighted by Gasteiger charge is -2.39. The Kier molecular flexibility index (Phi) is 7.59. The predicted octanol–water partition coefficient (Wildman–Crippen LogP) is 4.00. The molecule has 9 heteroatoms. The second-order valence-electron chi connectivity index (χ2n) is 9.43. The second-order valence-corrected chi connectivity index (χ2v) is 10.2. The minimum Gasteiger partial charge on any atom is -0.459 e. The Balaban J connectivity index is 1.34. The lowest BCUT2D eigenvalue weighted by atomic mass is 9.81. The van der Waals surface area contributed by atoms with Crippen LogP contribution in [0.15, 0.2) is 57.7 Å². The summed E-state index contributed by atoms with van der Waals surface area (Å²) >= 11 is 1.63. The van der Waals surface area contributed by atoms with E-state index in [4.69, 9.17) is 9.47 Å². The molecule has 2 aromatic heterocycles. The molecule has 2 N–H and O–H groups in total. The van der Waals surface area contributed by atoms with Crippen molar-refractivity contribution in [1.29, 1.82) is 0 Å². The SMILES string of the molecule is CCO[C@H]1OC(C(=O)N2CCC(n3c(=O)[nH]c4ccccc43)CC2)=C[C@@H](c2ccsc2)[C@@H]1CCCO. The number of allylic oxidation sites excluding steroid dienone is 1. The molecule has 0 spiro atoms. The number of amides is 1. The van der Waals surface area contributed by atoms with Crippen molar-refractivity contribution in [2.75, 3.05) is 26.3 Å². The van der Waals surface area contributed by atoms with Gasteiger partial charge in [0.05, 0.1) is 11.0 Å². The van der Waals surface area contributed by atoms with Crippen molar-refractivity contribution < 1.29 is 19.4 Å². The molecule has 3 aromatic rings. The molecule has 1 fully saturated rings. The summed E-state index contributed by atoms with van der Waals surface area (Å²) < 4.78 is 14.0. The zero-order valence-electron chi connectivity index (χ0n) is 20.5. The molecule has 36 heavy (non-hydrogen) atoms. The molecule has 2 aliphatic heterocycles. The fourth-order valence-electron chi connectivity index (χ4n) is 5.52. The number of ether oxygens (including phenoxy) is 2. The molecule has 1 saturated heterocycles. The number of aliphatic hydroxyl groups is 1. The Morgan fingerprint density at radius 2 is 2.06 bits per heavy atom. The number of fused-ring (bicyclic) bond motifs is 1. The highest BCUT2D eigenvalue weighted by Crippen LogP contribution is 2.40. The normalized spacial score (nSPS) is 23.0. The predicted molar refractivity (Wildman–Crippen MR) is 139 cm³/mol. The van der Waals surface area contributed by atoms with E-state index in [1.54, 1.807) is 11.3 Å². The Hall–Kier alpha value is -2.88. The molecule has 2 aliphatic rings. The van der Waals surface area contributed by atoms with Gasteiger partial charge >= 0.3 is 5.69 Å². The topological polar surface area (TPSA) is 96.8 Å². The van der Waals surface area contributed by atoms with Gasteiger partial charge < -0.3 is 24.5 Å². The number of nitrogens with zero attached hydrogens (tertiary/aromatic N) is 2. The molecule has 4 heterocycles. The van der Waals surface area contributed by atoms with Crippen molar-refractivity contribution in [2.45, 2.75) is 50.9 Å². The van der Waals surface area contributed by atoms with E-state index >= 15 is 0 Å². The molecule has 1 aromatic carbocycles. The van der Waals surface area contributed by atoms with Crippen LogP contribution in [-0.2, 0) is 14.3 Å². The van der Waals surface area contributed by atoms with Gasteiger partial charge in [0, 0.05) is 44.2 Å². The fourth-order valence-corrected chi connectivity index (χ4v) is 6.23. The van der Waals surface area contributed by atoms with Gasteiger partial charge in [0.15, 0.2) is 5.76 Å². The summed E-state index contributed by atoms with van der Waals surface area (Å²) in [6, 6.07) is 9.83. The highest BCUT2D eigenvalue weighted by molar-refractivity contribution is 7.08. The van der Waals surface area contributed by atoms with Gasteiger partial charge in [0.25, 0.3) is 5.91 Å². The smallest absolute Gasteiger partial charge is 0.326 e. The number of imidazole rings is 1. The number of piperidine rings is 1. The van der Waals surface area contributed by atoms with Crippen molar-refractivity contribution >= 4 is 28.3 Å². The molecule has 0 aliphatic carbocycles. The zero-order valence-corrected chi connectivity index (χ0v) is 21.3. The first kappa shape index (κ1) is 24.8. The van der Waals surface area contributed by atoms with E-state index in [-0.39, 0.29) is 36.1 Å². The third kappa shape index (κ3) is 4.87. The number of thiophene rings is 1. The van der Waals surface area contributed by atoms with Gasteiger partial charge in [-0.15, -0.1) is 0 Å². The number of likely N-dealkylation sites (tertiary alicyclic amines) is 1. The van der Waals surface area contributed by atoms with Crippen molar-refractivity contribution in [2.24, 2.45) is 5.92 Å². The number of hydrogen-bond donors (Lipinski definition) is 2. The standard InChI is InChI=1S/C27H33N3O5S/c1-2-34-26-20(6-5-14-31)21(18-11-15-36-17-18)16-24(35-26)25(32)29-12-9-19(10-13-29)30-23-8-4-3-7-22(23)28-27(30)33/h3-4,7-8,11,15-17,19-21,26,31H,2,5-6,9-10,12-14H2,1H3,(H,28,33)/t20-,21-,26-/m0/s1. The molecular weight excluding hydrogens is 478 g/mol. The van der Waals surface area contributed by atoms with Crippen LogP contribution in [0.2, 0.25) is 0 Å². The van der Waals surface area contributed by atoms with Gasteiger partial charge in [-0.3, -0.25) is 9.36 Å². The zero-order chi connectivity index (χ0) is 25.1. The van der Waals surface area contributed by atoms with E-state index in [2.05, 4.69) is 16.4 Å². The Morgan fingerprint density at radius 1 is 1.25 bits per heavy atom. The van der Waals surface area contributed by atoms with E-state index in [1.165, 1.54) is 0 Å². The van der Waals surface area contributed by atoms with Gasteiger partial charge in [0.1, 0.15) is 0 Å². The first-order chi connectivity index (χ1) is 17.6. The van der Waals surface area contributed by atoms with Gasteiger partial charge in [-0.2, -0.15) is 11.3 Å². The summed E-state index contributed by atoms with van der Waals surface area (Å²) in [7, 11) is 0. The molecule has 0 saturated carbocycles. The Morgan fingerprint density at radius 3 is 2.78 bits per heavy atom. The molecule has 0 bridgehead atoms. The van der Waals surface area contributed by atoms with Crippen LogP contribution in [0.5, 0.6) is 0 Å². The van der Waals surface area contributed by atoms with Crippen LogP contribution in [0.25, 0.3) is 11.0 Å². The van der Waals surface area contributed by atoms with Crippen LogP contribution >= 0.6 is 11.3 Å². The number of aliphatic hydroxyl groups excluding tert-OH is 1. The minimum absolute atomic E-state index is 0.0164. The maximum absolute atomic E-state index is 13.6. The molecule has 0 radical (unpaired) electrons. The highest BCUT2D eigenvalue weighted by atomic mass is 32.1. The van der Waals surface area contributed by atoms with Crippen LogP contribution in [0, 0.1) is 5.92 Å². The van der Waals surface area contributed by atoms with E-state index < -0.39 is 6.29 Å². The van der Waals surface area contributed by atoms with E-state index in [0.717, 1.165) is 23.0 Å². The van der Waals surface area contributed by atoms with Crippen molar-refractivity contribution in [3.63, 3.8) is 0 Å². The number of carbonyl (C=O) groups excluding carboxylic acids is 1. The summed E-state index contributed by atoms with van der Waals surface area (Å²) in [6.45, 7) is 3.60. The van der Waals surface area contributed by atoms with Crippen LogP contribution < -0.4 is 5.69 Å². The third-order valence-corrected chi connectivity index (χ3v) is 7.99. The average Bonchev–Trinajstić information content (AvgIpc) is 3.55. The second kappa shape index (κ2) is 11.0. The molecular formula is C27H33N3O5S. The van der Waals surface area contributed by atoms with Crippen molar-refractivity contribution in [3.05, 3.63) is 69.0 Å². The molecule has 3 atom stereocenters. The largest absolute Gasteiger partial charge is 0.459 e. The summed E-state index contributed by atoms with van der Waals surface area (Å²) in [6.07, 6.45) is 4.18. The van der Waals surface area contributed by atoms with Gasteiger partial charge in [-0.05, 0) is 73.2 Å². The lowest BCUT2D eigenvalue weighted by molar-refractivity contribution is -0.170. The minimum atomic E-state index is -0.544. The van der Waals surface area contributed by atoms with Crippen LogP contribution in [-0.4, -0.2) is 58.1 Å². The number of hydrogen-bond acceptors (Lipinski definition) is 6. The number of H-pyrrole nitrogens is 1.